The highest BCUT2D eigenvalue weighted by molar-refractivity contribution is 9.11. The van der Waals surface area contributed by atoms with E-state index in [9.17, 15) is 16.8 Å². The molecule has 0 aliphatic carbocycles. The molecule has 6 nitrogen and oxygen atoms in total. The first-order chi connectivity index (χ1) is 11.7. The van der Waals surface area contributed by atoms with Crippen molar-refractivity contribution in [2.45, 2.75) is 9.10 Å². The predicted molar refractivity (Wildman–Crippen MR) is 101 cm³/mol. The van der Waals surface area contributed by atoms with Crippen LogP contribution in [0.4, 0.5) is 0 Å². The van der Waals surface area contributed by atoms with Gasteiger partial charge < -0.3 is 0 Å². The maximum atomic E-state index is 12.6. The van der Waals surface area contributed by atoms with Crippen LogP contribution in [-0.2, 0) is 20.0 Å². The third-order valence-electron chi connectivity index (χ3n) is 3.79. The Kier molecular flexibility index (Phi) is 5.60. The summed E-state index contributed by atoms with van der Waals surface area (Å²) in [6.45, 7) is 0.447. The average molecular weight is 486 g/mol. The van der Waals surface area contributed by atoms with Gasteiger partial charge in [0, 0.05) is 31.2 Å². The maximum Gasteiger partial charge on any atom is 0.252 e. The van der Waals surface area contributed by atoms with E-state index < -0.39 is 20.0 Å². The molecule has 1 aliphatic rings. The number of rotatable bonds is 4. The van der Waals surface area contributed by atoms with Crippen LogP contribution in [0.5, 0.6) is 0 Å². The molecule has 1 aliphatic heterocycles. The fraction of sp³-hybridized carbons (Fsp3) is 0.286. The highest BCUT2D eigenvalue weighted by Crippen LogP contribution is 2.29. The minimum Gasteiger partial charge on any atom is -0.207 e. The molecule has 25 heavy (non-hydrogen) atoms. The number of nitrogens with zero attached hydrogens (tertiary/aromatic N) is 2. The van der Waals surface area contributed by atoms with Gasteiger partial charge in [0.2, 0.25) is 10.0 Å². The van der Waals surface area contributed by atoms with Crippen molar-refractivity contribution in [3.05, 3.63) is 45.2 Å². The molecule has 0 spiro atoms. The van der Waals surface area contributed by atoms with Gasteiger partial charge in [0.25, 0.3) is 10.0 Å². The van der Waals surface area contributed by atoms with Crippen molar-refractivity contribution in [2.24, 2.45) is 0 Å². The second-order valence-electron chi connectivity index (χ2n) is 5.32. The van der Waals surface area contributed by atoms with Crippen molar-refractivity contribution >= 4 is 58.9 Å². The molecule has 11 heteroatoms. The molecule has 0 amide bonds. The molecule has 2 heterocycles. The van der Waals surface area contributed by atoms with E-state index in [2.05, 4.69) is 15.9 Å². The Hall–Kier alpha value is -0.490. The highest BCUT2D eigenvalue weighted by Gasteiger charge is 2.34. The summed E-state index contributed by atoms with van der Waals surface area (Å²) in [6.07, 6.45) is 0. The van der Waals surface area contributed by atoms with Crippen molar-refractivity contribution in [1.29, 1.82) is 0 Å². The van der Waals surface area contributed by atoms with Crippen LogP contribution in [-0.4, -0.2) is 51.6 Å². The summed E-state index contributed by atoms with van der Waals surface area (Å²) in [4.78, 5) is 0.149. The van der Waals surface area contributed by atoms with Crippen LogP contribution < -0.4 is 0 Å². The molecule has 136 valence electrons. The van der Waals surface area contributed by atoms with Crippen molar-refractivity contribution < 1.29 is 16.8 Å². The van der Waals surface area contributed by atoms with E-state index in [0.29, 0.717) is 5.02 Å². The van der Waals surface area contributed by atoms with Gasteiger partial charge >= 0.3 is 0 Å². The third kappa shape index (κ3) is 3.95. The van der Waals surface area contributed by atoms with Crippen LogP contribution in [0, 0.1) is 0 Å². The Morgan fingerprint density at radius 2 is 1.36 bits per heavy atom. The smallest absolute Gasteiger partial charge is 0.207 e. The van der Waals surface area contributed by atoms with E-state index in [-0.39, 0.29) is 35.3 Å². The number of thiophene rings is 1. The Morgan fingerprint density at radius 1 is 0.840 bits per heavy atom. The van der Waals surface area contributed by atoms with Crippen LogP contribution in [0.2, 0.25) is 5.02 Å². The van der Waals surface area contributed by atoms with Gasteiger partial charge in [0.1, 0.15) is 4.21 Å². The molecule has 1 aromatic heterocycles. The Bertz CT molecular complexity index is 966. The van der Waals surface area contributed by atoms with E-state index in [0.717, 1.165) is 15.1 Å². The second kappa shape index (κ2) is 7.26. The number of halogens is 2. The molecular weight excluding hydrogens is 472 g/mol. The van der Waals surface area contributed by atoms with Gasteiger partial charge in [-0.15, -0.1) is 11.3 Å². The van der Waals surface area contributed by atoms with E-state index in [1.807, 2.05) is 0 Å². The van der Waals surface area contributed by atoms with E-state index in [1.165, 1.54) is 32.9 Å². The molecular formula is C14H14BrClN2O4S3. The summed E-state index contributed by atoms with van der Waals surface area (Å²) < 4.78 is 54.1. The summed E-state index contributed by atoms with van der Waals surface area (Å²) in [5.74, 6) is 0. The zero-order valence-corrected chi connectivity index (χ0v) is 17.6. The molecule has 1 saturated heterocycles. The van der Waals surface area contributed by atoms with Crippen LogP contribution >= 0.6 is 38.9 Å². The molecule has 0 radical (unpaired) electrons. The summed E-state index contributed by atoms with van der Waals surface area (Å²) in [5.41, 5.74) is 0. The fourth-order valence-corrected chi connectivity index (χ4v) is 7.60. The van der Waals surface area contributed by atoms with E-state index in [1.54, 1.807) is 12.1 Å². The Labute approximate surface area is 164 Å². The molecule has 0 N–H and O–H groups in total. The lowest BCUT2D eigenvalue weighted by Gasteiger charge is -2.32. The Balaban J connectivity index is 1.74. The van der Waals surface area contributed by atoms with Crippen molar-refractivity contribution in [2.75, 3.05) is 26.2 Å². The maximum absolute atomic E-state index is 12.6. The zero-order chi connectivity index (χ0) is 18.2. The Morgan fingerprint density at radius 3 is 1.84 bits per heavy atom. The summed E-state index contributed by atoms with van der Waals surface area (Å²) in [5, 5.41) is 0.456. The van der Waals surface area contributed by atoms with Gasteiger partial charge in [0.15, 0.2) is 0 Å². The molecule has 0 saturated carbocycles. The molecule has 2 aromatic rings. The van der Waals surface area contributed by atoms with E-state index in [4.69, 9.17) is 11.6 Å². The molecule has 1 fully saturated rings. The number of hydrogen-bond donors (Lipinski definition) is 0. The second-order valence-corrected chi connectivity index (χ2v) is 12.3. The lowest BCUT2D eigenvalue weighted by Crippen LogP contribution is -2.50. The monoisotopic (exact) mass is 484 g/mol. The van der Waals surface area contributed by atoms with Crippen LogP contribution in [0.1, 0.15) is 0 Å². The minimum absolute atomic E-state index is 0.108. The summed E-state index contributed by atoms with van der Waals surface area (Å²) in [6, 6.07) is 9.15. The SMILES string of the molecule is O=S(=O)(c1ccc(Cl)cc1)N1CCN(S(=O)(=O)c2ccc(Br)s2)CC1. The predicted octanol–water partition coefficient (Wildman–Crippen LogP) is 2.86. The normalized spacial score (nSPS) is 17.7. The molecule has 0 unspecified atom stereocenters. The first-order valence-corrected chi connectivity index (χ1v) is 12.1. The highest BCUT2D eigenvalue weighted by atomic mass is 79.9. The van der Waals surface area contributed by atoms with Crippen LogP contribution in [0.25, 0.3) is 0 Å². The lowest BCUT2D eigenvalue weighted by molar-refractivity contribution is 0.273. The van der Waals surface area contributed by atoms with Crippen molar-refractivity contribution in [3.63, 3.8) is 0 Å². The third-order valence-corrected chi connectivity index (χ3v) is 9.95. The van der Waals surface area contributed by atoms with Gasteiger partial charge in [-0.2, -0.15) is 8.61 Å². The zero-order valence-electron chi connectivity index (χ0n) is 12.8. The molecule has 1 aromatic carbocycles. The lowest BCUT2D eigenvalue weighted by atomic mass is 10.4. The number of sulfonamides is 2. The van der Waals surface area contributed by atoms with Gasteiger partial charge in [0.05, 0.1) is 8.68 Å². The van der Waals surface area contributed by atoms with Gasteiger partial charge in [-0.25, -0.2) is 16.8 Å². The minimum atomic E-state index is -3.66. The molecule has 0 atom stereocenters. The van der Waals surface area contributed by atoms with Crippen molar-refractivity contribution in [3.8, 4) is 0 Å². The summed E-state index contributed by atoms with van der Waals surface area (Å²) >= 11 is 10.2. The van der Waals surface area contributed by atoms with Gasteiger partial charge in [-0.1, -0.05) is 11.6 Å². The number of piperazine rings is 1. The quantitative estimate of drug-likeness (QED) is 0.667. The van der Waals surface area contributed by atoms with Gasteiger partial charge in [-0.05, 0) is 52.3 Å². The van der Waals surface area contributed by atoms with E-state index >= 15 is 0 Å². The first-order valence-electron chi connectivity index (χ1n) is 7.22. The molecule has 3 rings (SSSR count). The van der Waals surface area contributed by atoms with Crippen LogP contribution in [0.3, 0.4) is 0 Å². The first kappa shape index (κ1) is 19.3. The standard InChI is InChI=1S/C14H14BrClN2O4S3/c15-13-5-6-14(23-13)25(21,22)18-9-7-17(8-10-18)24(19,20)12-3-1-11(16)2-4-12/h1-6H,7-10H2. The summed E-state index contributed by atoms with van der Waals surface area (Å²) in [7, 11) is -7.26. The molecule has 0 bridgehead atoms. The fourth-order valence-electron chi connectivity index (χ4n) is 2.47. The topological polar surface area (TPSA) is 74.8 Å². The van der Waals surface area contributed by atoms with Crippen LogP contribution in [0.15, 0.2) is 49.3 Å². The number of hydrogen-bond acceptors (Lipinski definition) is 5. The van der Waals surface area contributed by atoms with Crippen molar-refractivity contribution in [1.82, 2.24) is 8.61 Å². The number of benzene rings is 1. The largest absolute Gasteiger partial charge is 0.252 e. The average Bonchev–Trinajstić information content (AvgIpc) is 3.03. The van der Waals surface area contributed by atoms with Gasteiger partial charge in [-0.3, -0.25) is 0 Å².